The van der Waals surface area contributed by atoms with Gasteiger partial charge in [0.2, 0.25) is 11.8 Å². The van der Waals surface area contributed by atoms with Gasteiger partial charge in [0, 0.05) is 13.5 Å². The van der Waals surface area contributed by atoms with E-state index < -0.39 is 17.8 Å². The summed E-state index contributed by atoms with van der Waals surface area (Å²) in [5, 5.41) is 14.4. The summed E-state index contributed by atoms with van der Waals surface area (Å²) in [6, 6.07) is 3.90. The third-order valence-corrected chi connectivity index (χ3v) is 2.63. The fourth-order valence-corrected chi connectivity index (χ4v) is 1.43. The molecule has 1 atom stereocenters. The largest absolute Gasteiger partial charge is 0.387 e. The monoisotopic (exact) mass is 288 g/mol. The molecule has 0 fully saturated rings. The molecule has 3 N–H and O–H groups in total. The Morgan fingerprint density at radius 1 is 1.42 bits per heavy atom. The van der Waals surface area contributed by atoms with Gasteiger partial charge >= 0.3 is 0 Å². The second-order valence-electron chi connectivity index (χ2n) is 3.90. The van der Waals surface area contributed by atoms with E-state index in [-0.39, 0.29) is 24.0 Å². The van der Waals surface area contributed by atoms with Crippen LogP contribution in [0.25, 0.3) is 0 Å². The highest BCUT2D eigenvalue weighted by molar-refractivity contribution is 6.30. The van der Waals surface area contributed by atoms with Gasteiger partial charge in [0.1, 0.15) is 5.82 Å². The minimum Gasteiger partial charge on any atom is -0.387 e. The molecular weight excluding hydrogens is 275 g/mol. The van der Waals surface area contributed by atoms with E-state index in [1.54, 1.807) is 0 Å². The highest BCUT2D eigenvalue weighted by Crippen LogP contribution is 2.19. The van der Waals surface area contributed by atoms with Gasteiger partial charge in [-0.05, 0) is 17.7 Å². The van der Waals surface area contributed by atoms with E-state index in [2.05, 4.69) is 10.6 Å². The number of rotatable bonds is 5. The molecule has 2 amide bonds. The molecule has 19 heavy (non-hydrogen) atoms. The Kier molecular flexibility index (Phi) is 5.72. The molecule has 104 valence electrons. The molecule has 0 aliphatic rings. The van der Waals surface area contributed by atoms with Crippen LogP contribution < -0.4 is 10.6 Å². The van der Waals surface area contributed by atoms with E-state index in [4.69, 9.17) is 11.6 Å². The van der Waals surface area contributed by atoms with Crippen molar-refractivity contribution in [1.82, 2.24) is 10.6 Å². The second-order valence-corrected chi connectivity index (χ2v) is 4.31. The lowest BCUT2D eigenvalue weighted by Crippen LogP contribution is -2.37. The quantitative estimate of drug-likeness (QED) is 0.749. The van der Waals surface area contributed by atoms with Gasteiger partial charge in [-0.2, -0.15) is 0 Å². The Morgan fingerprint density at radius 3 is 2.68 bits per heavy atom. The molecule has 0 aromatic heterocycles. The summed E-state index contributed by atoms with van der Waals surface area (Å²) in [6.07, 6.45) is -1.05. The number of hydrogen-bond acceptors (Lipinski definition) is 3. The SMILES string of the molecule is CC(=O)NCC(=O)NCC(O)c1ccc(Cl)c(F)c1. The van der Waals surface area contributed by atoms with Crippen molar-refractivity contribution in [3.8, 4) is 0 Å². The summed E-state index contributed by atoms with van der Waals surface area (Å²) in [6.45, 7) is 1.04. The van der Waals surface area contributed by atoms with Crippen LogP contribution in [0.5, 0.6) is 0 Å². The molecule has 1 rings (SSSR count). The lowest BCUT2D eigenvalue weighted by atomic mass is 10.1. The van der Waals surface area contributed by atoms with E-state index >= 15 is 0 Å². The maximum absolute atomic E-state index is 13.2. The van der Waals surface area contributed by atoms with E-state index in [1.807, 2.05) is 0 Å². The van der Waals surface area contributed by atoms with Crippen LogP contribution in [0.3, 0.4) is 0 Å². The van der Waals surface area contributed by atoms with E-state index in [9.17, 15) is 19.1 Å². The summed E-state index contributed by atoms with van der Waals surface area (Å²) < 4.78 is 13.2. The summed E-state index contributed by atoms with van der Waals surface area (Å²) in [4.78, 5) is 21.9. The molecular formula is C12H14ClFN2O3. The van der Waals surface area contributed by atoms with Gasteiger partial charge in [0.05, 0.1) is 17.7 Å². The predicted octanol–water partition coefficient (Wildman–Crippen LogP) is 0.765. The van der Waals surface area contributed by atoms with Gasteiger partial charge in [0.25, 0.3) is 0 Å². The lowest BCUT2D eigenvalue weighted by Gasteiger charge is -2.12. The number of benzene rings is 1. The van der Waals surface area contributed by atoms with Crippen molar-refractivity contribution >= 4 is 23.4 Å². The molecule has 0 radical (unpaired) electrons. The third-order valence-electron chi connectivity index (χ3n) is 2.32. The van der Waals surface area contributed by atoms with Crippen molar-refractivity contribution in [3.05, 3.63) is 34.6 Å². The van der Waals surface area contributed by atoms with Crippen LogP contribution in [0.4, 0.5) is 4.39 Å². The van der Waals surface area contributed by atoms with Gasteiger partial charge in [-0.3, -0.25) is 9.59 Å². The number of aliphatic hydroxyl groups is 1. The van der Waals surface area contributed by atoms with E-state index in [0.717, 1.165) is 6.07 Å². The van der Waals surface area contributed by atoms with Crippen LogP contribution in [-0.4, -0.2) is 30.0 Å². The number of aliphatic hydroxyl groups excluding tert-OH is 1. The van der Waals surface area contributed by atoms with Crippen molar-refractivity contribution in [2.75, 3.05) is 13.1 Å². The fraction of sp³-hybridized carbons (Fsp3) is 0.333. The molecule has 7 heteroatoms. The Hall–Kier alpha value is -1.66. The molecule has 1 aromatic rings. The average Bonchev–Trinajstić information content (AvgIpc) is 2.36. The first-order valence-electron chi connectivity index (χ1n) is 5.54. The molecule has 1 unspecified atom stereocenters. The normalized spacial score (nSPS) is 11.8. The molecule has 1 aromatic carbocycles. The standard InChI is InChI=1S/C12H14ClFN2O3/c1-7(17)15-6-12(19)16-5-11(18)8-2-3-9(13)10(14)4-8/h2-4,11,18H,5-6H2,1H3,(H,15,17)(H,16,19). The number of hydrogen-bond donors (Lipinski definition) is 3. The molecule has 0 bridgehead atoms. The zero-order valence-corrected chi connectivity index (χ0v) is 11.0. The van der Waals surface area contributed by atoms with Crippen LogP contribution in [0.15, 0.2) is 18.2 Å². The summed E-state index contributed by atoms with van der Waals surface area (Å²) in [5.74, 6) is -1.40. The van der Waals surface area contributed by atoms with Crippen molar-refractivity contribution in [2.24, 2.45) is 0 Å². The van der Waals surface area contributed by atoms with Crippen LogP contribution in [0.2, 0.25) is 5.02 Å². The molecule has 0 saturated carbocycles. The van der Waals surface area contributed by atoms with Crippen molar-refractivity contribution < 1.29 is 19.1 Å². The Bertz CT molecular complexity index is 482. The van der Waals surface area contributed by atoms with Gasteiger partial charge < -0.3 is 15.7 Å². The maximum Gasteiger partial charge on any atom is 0.239 e. The van der Waals surface area contributed by atoms with Crippen LogP contribution in [0, 0.1) is 5.82 Å². The van der Waals surface area contributed by atoms with E-state index in [1.165, 1.54) is 19.1 Å². The minimum absolute atomic E-state index is 0.0364. The smallest absolute Gasteiger partial charge is 0.239 e. The van der Waals surface area contributed by atoms with Gasteiger partial charge in [-0.15, -0.1) is 0 Å². The zero-order valence-electron chi connectivity index (χ0n) is 10.2. The summed E-state index contributed by atoms with van der Waals surface area (Å²) in [5.41, 5.74) is 0.307. The number of halogens is 2. The average molecular weight is 289 g/mol. The first-order chi connectivity index (χ1) is 8.90. The number of carbonyl (C=O) groups is 2. The fourth-order valence-electron chi connectivity index (χ4n) is 1.32. The molecule has 5 nitrogen and oxygen atoms in total. The number of amides is 2. The first kappa shape index (κ1) is 15.4. The highest BCUT2D eigenvalue weighted by atomic mass is 35.5. The van der Waals surface area contributed by atoms with Gasteiger partial charge in [0.15, 0.2) is 0 Å². The summed E-state index contributed by atoms with van der Waals surface area (Å²) >= 11 is 5.52. The Labute approximate surface area is 114 Å². The van der Waals surface area contributed by atoms with Crippen molar-refractivity contribution in [2.45, 2.75) is 13.0 Å². The second kappa shape index (κ2) is 7.06. The van der Waals surface area contributed by atoms with Gasteiger partial charge in [-0.25, -0.2) is 4.39 Å². The molecule has 0 heterocycles. The molecule has 0 aliphatic carbocycles. The van der Waals surface area contributed by atoms with Crippen LogP contribution in [0.1, 0.15) is 18.6 Å². The van der Waals surface area contributed by atoms with Crippen molar-refractivity contribution in [3.63, 3.8) is 0 Å². The van der Waals surface area contributed by atoms with Crippen molar-refractivity contribution in [1.29, 1.82) is 0 Å². The molecule has 0 spiro atoms. The summed E-state index contributed by atoms with van der Waals surface area (Å²) in [7, 11) is 0. The zero-order chi connectivity index (χ0) is 14.4. The number of nitrogens with one attached hydrogen (secondary N) is 2. The highest BCUT2D eigenvalue weighted by Gasteiger charge is 2.11. The third kappa shape index (κ3) is 5.23. The predicted molar refractivity (Wildman–Crippen MR) is 68.1 cm³/mol. The molecule has 0 aliphatic heterocycles. The minimum atomic E-state index is -1.05. The van der Waals surface area contributed by atoms with Crippen LogP contribution >= 0.6 is 11.6 Å². The van der Waals surface area contributed by atoms with Gasteiger partial charge in [-0.1, -0.05) is 17.7 Å². The Balaban J connectivity index is 2.46. The number of carbonyl (C=O) groups excluding carboxylic acids is 2. The Morgan fingerprint density at radius 2 is 2.11 bits per heavy atom. The first-order valence-corrected chi connectivity index (χ1v) is 5.92. The van der Waals surface area contributed by atoms with Crippen LogP contribution in [-0.2, 0) is 9.59 Å². The maximum atomic E-state index is 13.2. The topological polar surface area (TPSA) is 78.4 Å². The van der Waals surface area contributed by atoms with E-state index in [0.29, 0.717) is 5.56 Å². The molecule has 0 saturated heterocycles. The lowest BCUT2D eigenvalue weighted by molar-refractivity contribution is -0.125.